The van der Waals surface area contributed by atoms with Gasteiger partial charge in [0.2, 0.25) is 0 Å². The maximum atomic E-state index is 12.2. The molecule has 1 aliphatic heterocycles. The molecular weight excluding hydrogens is 330 g/mol. The molecule has 1 aromatic heterocycles. The standard InChI is InChI=1S/C16H17N3O6/c20-8-10-12(21)13(22)15(25-10)19-7-6-11(18-16(19)24)17-14(23)9-4-2-1-3-5-9/h1-7,10,12-13,15,20-22H,8H2,(H,17,18,23,24)/t10-,12-,13-,15-/m1/s1/i8D2. The molecule has 1 aliphatic rings. The van der Waals surface area contributed by atoms with E-state index in [1.165, 1.54) is 12.3 Å². The first-order valence-corrected chi connectivity index (χ1v) is 7.38. The molecule has 0 aliphatic carbocycles. The number of carbonyl (C=O) groups excluding carboxylic acids is 1. The minimum Gasteiger partial charge on any atom is -0.394 e. The number of nitrogens with zero attached hydrogens (tertiary/aromatic N) is 2. The summed E-state index contributed by atoms with van der Waals surface area (Å²) in [6, 6.07) is 9.57. The molecular formula is C16H17N3O6. The number of rotatable bonds is 4. The van der Waals surface area contributed by atoms with Crippen molar-refractivity contribution in [2.75, 3.05) is 11.9 Å². The van der Waals surface area contributed by atoms with Crippen LogP contribution >= 0.6 is 0 Å². The quantitative estimate of drug-likeness (QED) is 0.562. The van der Waals surface area contributed by atoms with E-state index in [2.05, 4.69) is 10.3 Å². The number of benzene rings is 1. The second-order valence-corrected chi connectivity index (χ2v) is 5.38. The Labute approximate surface area is 145 Å². The average molecular weight is 349 g/mol. The Kier molecular flexibility index (Phi) is 4.19. The SMILES string of the molecule is [2H]C([2H])(O)[C@H]1O[C@@H](n2ccc(NC(=O)c3ccccc3)nc2=O)[C@H](O)[C@@H]1O. The summed E-state index contributed by atoms with van der Waals surface area (Å²) in [7, 11) is 0. The summed E-state index contributed by atoms with van der Waals surface area (Å²) in [5.74, 6) is -0.506. The molecule has 1 aromatic carbocycles. The largest absolute Gasteiger partial charge is 0.394 e. The molecule has 0 radical (unpaired) electrons. The van der Waals surface area contributed by atoms with E-state index in [9.17, 15) is 24.9 Å². The highest BCUT2D eigenvalue weighted by Gasteiger charge is 2.43. The summed E-state index contributed by atoms with van der Waals surface area (Å²) < 4.78 is 20.4. The van der Waals surface area contributed by atoms with Crippen molar-refractivity contribution < 1.29 is 27.6 Å². The molecule has 0 bridgehead atoms. The first kappa shape index (κ1) is 14.7. The third-order valence-corrected chi connectivity index (χ3v) is 3.75. The molecule has 9 nitrogen and oxygen atoms in total. The molecule has 0 spiro atoms. The highest BCUT2D eigenvalue weighted by atomic mass is 16.6. The van der Waals surface area contributed by atoms with Crippen molar-refractivity contribution in [1.29, 1.82) is 0 Å². The topological polar surface area (TPSA) is 134 Å². The number of carbonyl (C=O) groups is 1. The van der Waals surface area contributed by atoms with Crippen LogP contribution in [0.25, 0.3) is 0 Å². The average Bonchev–Trinajstić information content (AvgIpc) is 2.91. The van der Waals surface area contributed by atoms with E-state index in [1.807, 2.05) is 0 Å². The summed E-state index contributed by atoms with van der Waals surface area (Å²) in [5.41, 5.74) is -0.537. The Morgan fingerprint density at radius 3 is 2.60 bits per heavy atom. The van der Waals surface area contributed by atoms with Crippen molar-refractivity contribution >= 4 is 11.7 Å². The van der Waals surface area contributed by atoms with Crippen molar-refractivity contribution in [3.8, 4) is 0 Å². The van der Waals surface area contributed by atoms with Crippen molar-refractivity contribution in [3.63, 3.8) is 0 Å². The number of ether oxygens (including phenoxy) is 1. The van der Waals surface area contributed by atoms with Crippen molar-refractivity contribution in [3.05, 3.63) is 58.6 Å². The van der Waals surface area contributed by atoms with Crippen molar-refractivity contribution in [2.45, 2.75) is 24.5 Å². The van der Waals surface area contributed by atoms with Gasteiger partial charge in [-0.3, -0.25) is 9.36 Å². The number of hydrogen-bond donors (Lipinski definition) is 4. The first-order valence-electron chi connectivity index (χ1n) is 8.38. The van der Waals surface area contributed by atoms with Gasteiger partial charge in [0.05, 0.1) is 9.30 Å². The summed E-state index contributed by atoms with van der Waals surface area (Å²) in [6.45, 7) is -2.92. The Morgan fingerprint density at radius 1 is 1.28 bits per heavy atom. The highest BCUT2D eigenvalue weighted by Crippen LogP contribution is 2.28. The van der Waals surface area contributed by atoms with Crippen LogP contribution in [0.2, 0.25) is 0 Å². The number of aromatic nitrogens is 2. The van der Waals surface area contributed by atoms with Crippen LogP contribution in [0.3, 0.4) is 0 Å². The molecule has 1 amide bonds. The van der Waals surface area contributed by atoms with Crippen LogP contribution in [0.5, 0.6) is 0 Å². The minimum absolute atomic E-state index is 0.0350. The molecule has 4 N–H and O–H groups in total. The van der Waals surface area contributed by atoms with E-state index in [-0.39, 0.29) is 5.82 Å². The fourth-order valence-electron chi connectivity index (χ4n) is 2.45. The van der Waals surface area contributed by atoms with E-state index >= 15 is 0 Å². The second kappa shape index (κ2) is 7.11. The Balaban J connectivity index is 1.79. The van der Waals surface area contributed by atoms with Gasteiger partial charge in [0, 0.05) is 11.8 Å². The normalized spacial score (nSPS) is 27.5. The fraction of sp³-hybridized carbons (Fsp3) is 0.312. The van der Waals surface area contributed by atoms with E-state index in [0.29, 0.717) is 5.56 Å². The molecule has 2 heterocycles. The number of aliphatic hydroxyl groups is 3. The highest BCUT2D eigenvalue weighted by molar-refractivity contribution is 6.03. The smallest absolute Gasteiger partial charge is 0.351 e. The Bertz CT molecular complexity index is 886. The molecule has 4 atom stereocenters. The van der Waals surface area contributed by atoms with Crippen molar-refractivity contribution in [1.82, 2.24) is 9.55 Å². The molecule has 0 unspecified atom stereocenters. The second-order valence-electron chi connectivity index (χ2n) is 5.38. The van der Waals surface area contributed by atoms with Crippen molar-refractivity contribution in [2.24, 2.45) is 0 Å². The van der Waals surface area contributed by atoms with E-state index < -0.39 is 42.7 Å². The zero-order chi connectivity index (χ0) is 19.8. The van der Waals surface area contributed by atoms with Crippen LogP contribution in [0.1, 0.15) is 19.3 Å². The summed E-state index contributed by atoms with van der Waals surface area (Å²) >= 11 is 0. The number of nitrogens with one attached hydrogen (secondary N) is 1. The first-order chi connectivity index (χ1) is 12.7. The predicted octanol–water partition coefficient (Wildman–Crippen LogP) is -0.893. The van der Waals surface area contributed by atoms with Gasteiger partial charge < -0.3 is 25.4 Å². The molecule has 25 heavy (non-hydrogen) atoms. The lowest BCUT2D eigenvalue weighted by Gasteiger charge is -2.17. The van der Waals surface area contributed by atoms with Gasteiger partial charge in [-0.1, -0.05) is 18.2 Å². The molecule has 3 rings (SSSR count). The van der Waals surface area contributed by atoms with Gasteiger partial charge in [0.25, 0.3) is 5.91 Å². The van der Waals surface area contributed by atoms with Crippen LogP contribution in [-0.4, -0.2) is 55.6 Å². The van der Waals surface area contributed by atoms with Crippen LogP contribution in [0, 0.1) is 0 Å². The lowest BCUT2D eigenvalue weighted by molar-refractivity contribution is -0.0549. The maximum absolute atomic E-state index is 12.2. The molecule has 132 valence electrons. The monoisotopic (exact) mass is 349 g/mol. The zero-order valence-electron chi connectivity index (χ0n) is 14.8. The third kappa shape index (κ3) is 3.44. The molecule has 1 fully saturated rings. The van der Waals surface area contributed by atoms with Gasteiger partial charge in [-0.15, -0.1) is 0 Å². The van der Waals surface area contributed by atoms with Crippen LogP contribution in [0.15, 0.2) is 47.4 Å². The van der Waals surface area contributed by atoms with Gasteiger partial charge >= 0.3 is 5.69 Å². The Hall–Kier alpha value is -2.59. The van der Waals surface area contributed by atoms with E-state index in [0.717, 1.165) is 4.57 Å². The van der Waals surface area contributed by atoms with E-state index in [1.54, 1.807) is 30.3 Å². The number of hydrogen-bond acceptors (Lipinski definition) is 7. The molecule has 9 heteroatoms. The van der Waals surface area contributed by atoms with E-state index in [4.69, 9.17) is 7.48 Å². The number of aliphatic hydroxyl groups excluding tert-OH is 2. The van der Waals surface area contributed by atoms with Crippen LogP contribution < -0.4 is 11.0 Å². The predicted molar refractivity (Wildman–Crippen MR) is 85.9 cm³/mol. The lowest BCUT2D eigenvalue weighted by Crippen LogP contribution is -2.36. The molecule has 1 saturated heterocycles. The third-order valence-electron chi connectivity index (χ3n) is 3.75. The number of amides is 1. The van der Waals surface area contributed by atoms with Gasteiger partial charge in [-0.05, 0) is 18.2 Å². The number of anilines is 1. The van der Waals surface area contributed by atoms with Gasteiger partial charge in [0.15, 0.2) is 6.23 Å². The Morgan fingerprint density at radius 2 is 2.00 bits per heavy atom. The molecule has 0 saturated carbocycles. The lowest BCUT2D eigenvalue weighted by atomic mass is 10.1. The summed E-state index contributed by atoms with van der Waals surface area (Å²) in [6.07, 6.45) is -5.44. The van der Waals surface area contributed by atoms with Gasteiger partial charge in [-0.2, -0.15) is 4.98 Å². The minimum atomic E-state index is -2.92. The zero-order valence-corrected chi connectivity index (χ0v) is 12.8. The summed E-state index contributed by atoms with van der Waals surface area (Å²) in [4.78, 5) is 28.0. The molecule has 2 aromatic rings. The maximum Gasteiger partial charge on any atom is 0.351 e. The van der Waals surface area contributed by atoms with Gasteiger partial charge in [-0.25, -0.2) is 4.79 Å². The van der Waals surface area contributed by atoms with Gasteiger partial charge in [0.1, 0.15) is 24.1 Å². The summed E-state index contributed by atoms with van der Waals surface area (Å²) in [5, 5.41) is 31.7. The van der Waals surface area contributed by atoms with Crippen LogP contribution in [0.4, 0.5) is 5.82 Å². The fourth-order valence-corrected chi connectivity index (χ4v) is 2.45. The van der Waals surface area contributed by atoms with Crippen LogP contribution in [-0.2, 0) is 4.74 Å².